The van der Waals surface area contributed by atoms with Crippen LogP contribution >= 0.6 is 15.9 Å². The lowest BCUT2D eigenvalue weighted by atomic mass is 9.77. The van der Waals surface area contributed by atoms with Crippen molar-refractivity contribution in [3.63, 3.8) is 0 Å². The fourth-order valence-electron chi connectivity index (χ4n) is 3.36. The molecule has 2 nitrogen and oxygen atoms in total. The molecule has 3 heteroatoms. The molecule has 1 unspecified atom stereocenters. The van der Waals surface area contributed by atoms with Gasteiger partial charge in [-0.25, -0.2) is 0 Å². The van der Waals surface area contributed by atoms with Gasteiger partial charge in [0, 0.05) is 10.5 Å². The molecule has 20 heavy (non-hydrogen) atoms. The van der Waals surface area contributed by atoms with Crippen molar-refractivity contribution in [1.82, 2.24) is 5.32 Å². The molecule has 0 bridgehead atoms. The topological polar surface area (TPSA) is 21.3 Å². The van der Waals surface area contributed by atoms with Gasteiger partial charge in [-0.05, 0) is 48.9 Å². The monoisotopic (exact) mass is 339 g/mol. The van der Waals surface area contributed by atoms with E-state index in [0.717, 1.165) is 16.8 Å². The Kier molecular flexibility index (Phi) is 5.50. The van der Waals surface area contributed by atoms with E-state index in [-0.39, 0.29) is 0 Å². The number of nitrogens with one attached hydrogen (secondary N) is 1. The smallest absolute Gasteiger partial charge is 0.120 e. The average Bonchev–Trinajstić information content (AvgIpc) is 2.88. The van der Waals surface area contributed by atoms with Crippen molar-refractivity contribution in [2.75, 3.05) is 13.7 Å². The first kappa shape index (κ1) is 15.8. The lowest BCUT2D eigenvalue weighted by Gasteiger charge is -2.36. The van der Waals surface area contributed by atoms with E-state index in [0.29, 0.717) is 11.5 Å². The molecule has 1 aromatic carbocycles. The van der Waals surface area contributed by atoms with Crippen LogP contribution in [-0.4, -0.2) is 13.7 Å². The SMILES string of the molecule is CCCNC(c1ccc(OC)cc1Br)C1(C)CCCC1. The van der Waals surface area contributed by atoms with E-state index in [9.17, 15) is 0 Å². The minimum absolute atomic E-state index is 0.367. The van der Waals surface area contributed by atoms with E-state index < -0.39 is 0 Å². The van der Waals surface area contributed by atoms with Gasteiger partial charge >= 0.3 is 0 Å². The summed E-state index contributed by atoms with van der Waals surface area (Å²) in [4.78, 5) is 0. The van der Waals surface area contributed by atoms with Gasteiger partial charge in [0.15, 0.2) is 0 Å². The van der Waals surface area contributed by atoms with Gasteiger partial charge in [0.05, 0.1) is 7.11 Å². The van der Waals surface area contributed by atoms with Crippen molar-refractivity contribution < 1.29 is 4.74 Å². The zero-order valence-electron chi connectivity index (χ0n) is 12.8. The van der Waals surface area contributed by atoms with Crippen LogP contribution in [0, 0.1) is 5.41 Å². The first-order valence-corrected chi connectivity index (χ1v) is 8.47. The van der Waals surface area contributed by atoms with Crippen LogP contribution in [0.25, 0.3) is 0 Å². The number of halogens is 1. The Bertz CT molecular complexity index is 441. The van der Waals surface area contributed by atoms with E-state index in [4.69, 9.17) is 4.74 Å². The summed E-state index contributed by atoms with van der Waals surface area (Å²) in [7, 11) is 1.71. The van der Waals surface area contributed by atoms with Crippen LogP contribution in [0.4, 0.5) is 0 Å². The lowest BCUT2D eigenvalue weighted by molar-refractivity contribution is 0.223. The Morgan fingerprint density at radius 2 is 2.05 bits per heavy atom. The number of hydrogen-bond acceptors (Lipinski definition) is 2. The Hall–Kier alpha value is -0.540. The van der Waals surface area contributed by atoms with Crippen LogP contribution in [0.5, 0.6) is 5.75 Å². The summed E-state index contributed by atoms with van der Waals surface area (Å²) >= 11 is 3.73. The zero-order chi connectivity index (χ0) is 14.6. The molecule has 0 saturated heterocycles. The van der Waals surface area contributed by atoms with Crippen molar-refractivity contribution in [2.24, 2.45) is 5.41 Å². The van der Waals surface area contributed by atoms with Gasteiger partial charge in [-0.2, -0.15) is 0 Å². The Labute approximate surface area is 131 Å². The molecule has 1 saturated carbocycles. The van der Waals surface area contributed by atoms with Crippen LogP contribution in [0.2, 0.25) is 0 Å². The van der Waals surface area contributed by atoms with Crippen molar-refractivity contribution in [3.05, 3.63) is 28.2 Å². The Balaban J connectivity index is 2.30. The highest BCUT2D eigenvalue weighted by atomic mass is 79.9. The minimum atomic E-state index is 0.367. The van der Waals surface area contributed by atoms with Crippen LogP contribution in [-0.2, 0) is 0 Å². The fourth-order valence-corrected chi connectivity index (χ4v) is 3.95. The summed E-state index contributed by atoms with van der Waals surface area (Å²) < 4.78 is 6.46. The van der Waals surface area contributed by atoms with Crippen LogP contribution in [0.15, 0.2) is 22.7 Å². The molecule has 1 fully saturated rings. The number of ether oxygens (including phenoxy) is 1. The molecule has 1 N–H and O–H groups in total. The third kappa shape index (κ3) is 3.37. The maximum atomic E-state index is 5.31. The minimum Gasteiger partial charge on any atom is -0.497 e. The molecule has 0 spiro atoms. The lowest BCUT2D eigenvalue weighted by Crippen LogP contribution is -2.35. The fraction of sp³-hybridized carbons (Fsp3) is 0.647. The van der Waals surface area contributed by atoms with Crippen molar-refractivity contribution in [2.45, 2.75) is 52.0 Å². The summed E-state index contributed by atoms with van der Waals surface area (Å²) in [5, 5.41) is 3.78. The molecule has 0 heterocycles. The van der Waals surface area contributed by atoms with Gasteiger partial charge in [0.1, 0.15) is 5.75 Å². The number of hydrogen-bond donors (Lipinski definition) is 1. The van der Waals surface area contributed by atoms with E-state index in [2.05, 4.69) is 53.3 Å². The van der Waals surface area contributed by atoms with Gasteiger partial charge in [0.2, 0.25) is 0 Å². The van der Waals surface area contributed by atoms with E-state index in [1.165, 1.54) is 37.7 Å². The highest BCUT2D eigenvalue weighted by Gasteiger charge is 2.38. The Morgan fingerprint density at radius 1 is 1.35 bits per heavy atom. The van der Waals surface area contributed by atoms with E-state index in [1.54, 1.807) is 7.11 Å². The van der Waals surface area contributed by atoms with E-state index in [1.807, 2.05) is 0 Å². The highest BCUT2D eigenvalue weighted by Crippen LogP contribution is 2.48. The quantitative estimate of drug-likeness (QED) is 0.780. The van der Waals surface area contributed by atoms with Crippen LogP contribution < -0.4 is 10.1 Å². The van der Waals surface area contributed by atoms with Crippen molar-refractivity contribution >= 4 is 15.9 Å². The summed E-state index contributed by atoms with van der Waals surface area (Å²) in [5.41, 5.74) is 1.73. The number of benzene rings is 1. The van der Waals surface area contributed by atoms with E-state index >= 15 is 0 Å². The summed E-state index contributed by atoms with van der Waals surface area (Å²) in [6, 6.07) is 6.78. The predicted octanol–water partition coefficient (Wildman–Crippen LogP) is 5.08. The largest absolute Gasteiger partial charge is 0.497 e. The predicted molar refractivity (Wildman–Crippen MR) is 88.3 cm³/mol. The van der Waals surface area contributed by atoms with Crippen molar-refractivity contribution in [3.8, 4) is 5.75 Å². The molecule has 0 radical (unpaired) electrons. The first-order valence-electron chi connectivity index (χ1n) is 7.67. The molecule has 1 atom stereocenters. The maximum Gasteiger partial charge on any atom is 0.120 e. The van der Waals surface area contributed by atoms with Gasteiger partial charge in [-0.15, -0.1) is 0 Å². The second-order valence-electron chi connectivity index (χ2n) is 6.14. The molecule has 112 valence electrons. The highest BCUT2D eigenvalue weighted by molar-refractivity contribution is 9.10. The van der Waals surface area contributed by atoms with Gasteiger partial charge in [0.25, 0.3) is 0 Å². The molecule has 1 aliphatic rings. The molecule has 0 aromatic heterocycles. The van der Waals surface area contributed by atoms with Crippen LogP contribution in [0.3, 0.4) is 0 Å². The molecule has 2 rings (SSSR count). The second-order valence-corrected chi connectivity index (χ2v) is 6.99. The molecular weight excluding hydrogens is 314 g/mol. The van der Waals surface area contributed by atoms with Crippen LogP contribution in [0.1, 0.15) is 57.6 Å². The van der Waals surface area contributed by atoms with Crippen molar-refractivity contribution in [1.29, 1.82) is 0 Å². The third-order valence-corrected chi connectivity index (χ3v) is 5.25. The maximum absolute atomic E-state index is 5.31. The molecule has 0 aliphatic heterocycles. The normalized spacial score (nSPS) is 19.0. The van der Waals surface area contributed by atoms with Gasteiger partial charge < -0.3 is 10.1 Å². The number of rotatable bonds is 6. The number of methoxy groups -OCH3 is 1. The third-order valence-electron chi connectivity index (χ3n) is 4.56. The second kappa shape index (κ2) is 6.95. The summed E-state index contributed by atoms with van der Waals surface area (Å²) in [6.45, 7) is 5.73. The summed E-state index contributed by atoms with van der Waals surface area (Å²) in [5.74, 6) is 0.909. The first-order chi connectivity index (χ1) is 9.60. The molecule has 1 aliphatic carbocycles. The average molecular weight is 340 g/mol. The molecular formula is C17H26BrNO. The Morgan fingerprint density at radius 3 is 2.60 bits per heavy atom. The van der Waals surface area contributed by atoms with Gasteiger partial charge in [-0.1, -0.05) is 48.7 Å². The molecule has 0 amide bonds. The summed E-state index contributed by atoms with van der Waals surface area (Å²) in [6.07, 6.45) is 6.50. The molecule has 1 aromatic rings. The standard InChI is InChI=1S/C17H26BrNO/c1-4-11-19-16(17(2)9-5-6-10-17)14-8-7-13(20-3)12-15(14)18/h7-8,12,16,19H,4-6,9-11H2,1-3H3. The van der Waals surface area contributed by atoms with Gasteiger partial charge in [-0.3, -0.25) is 0 Å². The zero-order valence-corrected chi connectivity index (χ0v) is 14.4.